The van der Waals surface area contributed by atoms with E-state index in [4.69, 9.17) is 4.74 Å². The third-order valence-electron chi connectivity index (χ3n) is 7.25. The summed E-state index contributed by atoms with van der Waals surface area (Å²) in [6.07, 6.45) is 2.19. The van der Waals surface area contributed by atoms with Gasteiger partial charge >= 0.3 is 6.09 Å². The van der Waals surface area contributed by atoms with E-state index in [-0.39, 0.29) is 11.6 Å². The van der Waals surface area contributed by atoms with Gasteiger partial charge in [-0.25, -0.2) is 9.78 Å². The van der Waals surface area contributed by atoms with Gasteiger partial charge in [-0.3, -0.25) is 9.36 Å². The molecular weight excluding hydrogens is 490 g/mol. The molecule has 1 saturated heterocycles. The number of hydrogen-bond acceptors (Lipinski definition) is 5. The molecule has 5 rings (SSSR count). The standard InChI is InChI=1S/C32H33N3O4/c1-23(34-21-19-32(39-30(34)37,22-31(2,3)38)26-10-5-4-6-11-26)24-15-17-25(18-16-24)27-12-9-13-28(33-27)35-20-8-7-14-29(35)36/h4-18,20,23,38H,19,21-22H2,1-3H3/t23-,32-/m0/s1. The van der Waals surface area contributed by atoms with Gasteiger partial charge in [-0.2, -0.15) is 0 Å². The van der Waals surface area contributed by atoms with Crippen LogP contribution in [0, 0.1) is 0 Å². The number of rotatable bonds is 7. The summed E-state index contributed by atoms with van der Waals surface area (Å²) in [5, 5.41) is 10.6. The lowest BCUT2D eigenvalue weighted by molar-refractivity contribution is -0.101. The first kappa shape index (κ1) is 26.4. The molecule has 0 bridgehead atoms. The number of aliphatic hydroxyl groups is 1. The molecule has 1 fully saturated rings. The van der Waals surface area contributed by atoms with Gasteiger partial charge in [-0.05, 0) is 50.1 Å². The Kier molecular flexibility index (Phi) is 7.10. The van der Waals surface area contributed by atoms with Crippen molar-refractivity contribution in [2.45, 2.75) is 50.9 Å². The number of carbonyl (C=O) groups is 1. The predicted octanol–water partition coefficient (Wildman–Crippen LogP) is 5.86. The fraction of sp³-hybridized carbons (Fsp3) is 0.281. The molecule has 0 saturated carbocycles. The van der Waals surface area contributed by atoms with Crippen LogP contribution in [0.4, 0.5) is 4.79 Å². The second kappa shape index (κ2) is 10.5. The summed E-state index contributed by atoms with van der Waals surface area (Å²) < 4.78 is 7.65. The number of ether oxygens (including phenoxy) is 1. The Morgan fingerprint density at radius 1 is 0.949 bits per heavy atom. The molecule has 4 aromatic rings. The van der Waals surface area contributed by atoms with Gasteiger partial charge in [0, 0.05) is 37.2 Å². The van der Waals surface area contributed by atoms with Crippen LogP contribution in [-0.2, 0) is 10.3 Å². The van der Waals surface area contributed by atoms with Crippen molar-refractivity contribution in [3.63, 3.8) is 0 Å². The molecule has 200 valence electrons. The molecule has 3 heterocycles. The maximum Gasteiger partial charge on any atom is 0.411 e. The van der Waals surface area contributed by atoms with Gasteiger partial charge in [0.2, 0.25) is 0 Å². The van der Waals surface area contributed by atoms with Crippen molar-refractivity contribution in [2.24, 2.45) is 0 Å². The number of amides is 1. The highest BCUT2D eigenvalue weighted by Crippen LogP contribution is 2.42. The monoisotopic (exact) mass is 523 g/mol. The quantitative estimate of drug-likeness (QED) is 0.328. The molecule has 1 amide bonds. The molecule has 7 nitrogen and oxygen atoms in total. The number of benzene rings is 2. The van der Waals surface area contributed by atoms with Crippen molar-refractivity contribution in [3.05, 3.63) is 119 Å². The first-order valence-electron chi connectivity index (χ1n) is 13.2. The third kappa shape index (κ3) is 5.64. The Morgan fingerprint density at radius 2 is 1.67 bits per heavy atom. The largest absolute Gasteiger partial charge is 0.438 e. The van der Waals surface area contributed by atoms with E-state index in [9.17, 15) is 14.7 Å². The van der Waals surface area contributed by atoms with Crippen LogP contribution in [-0.4, -0.2) is 37.8 Å². The average Bonchev–Trinajstić information content (AvgIpc) is 2.93. The molecule has 1 aliphatic rings. The lowest BCUT2D eigenvalue weighted by Gasteiger charge is -2.45. The molecular formula is C32H33N3O4. The zero-order valence-electron chi connectivity index (χ0n) is 22.4. The minimum absolute atomic E-state index is 0.140. The van der Waals surface area contributed by atoms with E-state index in [1.54, 1.807) is 43.1 Å². The van der Waals surface area contributed by atoms with E-state index in [0.717, 1.165) is 22.4 Å². The fourth-order valence-corrected chi connectivity index (χ4v) is 5.34. The SMILES string of the molecule is C[C@@H](c1ccc(-c2cccc(-n3ccccc3=O)n2)cc1)N1CC[C@](CC(C)(C)O)(c2ccccc2)OC1=O. The Morgan fingerprint density at radius 3 is 2.33 bits per heavy atom. The van der Waals surface area contributed by atoms with Gasteiger partial charge in [-0.1, -0.05) is 66.7 Å². The van der Waals surface area contributed by atoms with Gasteiger partial charge in [0.05, 0.1) is 17.3 Å². The summed E-state index contributed by atoms with van der Waals surface area (Å²) in [6, 6.07) is 28.0. The minimum Gasteiger partial charge on any atom is -0.438 e. The minimum atomic E-state index is -1.00. The van der Waals surface area contributed by atoms with E-state index < -0.39 is 17.3 Å². The van der Waals surface area contributed by atoms with Crippen molar-refractivity contribution in [1.29, 1.82) is 0 Å². The number of carbonyl (C=O) groups excluding carboxylic acids is 1. The summed E-state index contributed by atoms with van der Waals surface area (Å²) in [5.74, 6) is 0.555. The Labute approximate surface area is 228 Å². The number of aromatic nitrogens is 2. The smallest absolute Gasteiger partial charge is 0.411 e. The molecule has 7 heteroatoms. The zero-order valence-corrected chi connectivity index (χ0v) is 22.4. The van der Waals surface area contributed by atoms with Crippen LogP contribution in [0.5, 0.6) is 0 Å². The van der Waals surface area contributed by atoms with Crippen molar-refractivity contribution in [1.82, 2.24) is 14.5 Å². The number of cyclic esters (lactones) is 1. The highest BCUT2D eigenvalue weighted by Gasteiger charge is 2.46. The Hall–Kier alpha value is -4.23. The van der Waals surface area contributed by atoms with E-state index in [1.807, 2.05) is 73.7 Å². The molecule has 2 atom stereocenters. The second-order valence-corrected chi connectivity index (χ2v) is 10.7. The molecule has 39 heavy (non-hydrogen) atoms. The molecule has 0 radical (unpaired) electrons. The van der Waals surface area contributed by atoms with Crippen molar-refractivity contribution in [2.75, 3.05) is 6.54 Å². The number of pyridine rings is 2. The van der Waals surface area contributed by atoms with E-state index in [0.29, 0.717) is 25.2 Å². The van der Waals surface area contributed by atoms with Crippen molar-refractivity contribution in [3.8, 4) is 17.1 Å². The lowest BCUT2D eigenvalue weighted by Crippen LogP contribution is -2.51. The summed E-state index contributed by atoms with van der Waals surface area (Å²) >= 11 is 0. The summed E-state index contributed by atoms with van der Waals surface area (Å²) in [6.45, 7) is 5.97. The van der Waals surface area contributed by atoms with E-state index in [2.05, 4.69) is 4.98 Å². The third-order valence-corrected chi connectivity index (χ3v) is 7.25. The van der Waals surface area contributed by atoms with Crippen LogP contribution in [0.15, 0.2) is 102 Å². The van der Waals surface area contributed by atoms with Gasteiger partial charge in [-0.15, -0.1) is 0 Å². The van der Waals surface area contributed by atoms with Crippen molar-refractivity contribution < 1.29 is 14.6 Å². The van der Waals surface area contributed by atoms with Gasteiger partial charge in [0.1, 0.15) is 11.4 Å². The maximum atomic E-state index is 13.4. The number of hydrogen-bond donors (Lipinski definition) is 1. The van der Waals surface area contributed by atoms with Crippen LogP contribution in [0.2, 0.25) is 0 Å². The van der Waals surface area contributed by atoms with Gasteiger partial charge < -0.3 is 14.7 Å². The molecule has 0 unspecified atom stereocenters. The predicted molar refractivity (Wildman–Crippen MR) is 151 cm³/mol. The molecule has 1 aliphatic heterocycles. The highest BCUT2D eigenvalue weighted by molar-refractivity contribution is 5.70. The molecule has 2 aromatic carbocycles. The maximum absolute atomic E-state index is 13.4. The summed E-state index contributed by atoms with van der Waals surface area (Å²) in [7, 11) is 0. The zero-order chi connectivity index (χ0) is 27.6. The van der Waals surface area contributed by atoms with Crippen LogP contribution >= 0.6 is 0 Å². The molecule has 0 spiro atoms. The fourth-order valence-electron chi connectivity index (χ4n) is 5.34. The number of nitrogens with zero attached hydrogens (tertiary/aromatic N) is 3. The Bertz CT molecular complexity index is 1510. The summed E-state index contributed by atoms with van der Waals surface area (Å²) in [4.78, 5) is 32.0. The van der Waals surface area contributed by atoms with Gasteiger partial charge in [0.15, 0.2) is 0 Å². The summed E-state index contributed by atoms with van der Waals surface area (Å²) in [5.41, 5.74) is 1.50. The highest BCUT2D eigenvalue weighted by atomic mass is 16.6. The first-order chi connectivity index (χ1) is 18.7. The molecule has 1 N–H and O–H groups in total. The van der Waals surface area contributed by atoms with Gasteiger partial charge in [0.25, 0.3) is 5.56 Å². The average molecular weight is 524 g/mol. The topological polar surface area (TPSA) is 84.7 Å². The van der Waals surface area contributed by atoms with Crippen LogP contribution in [0.3, 0.4) is 0 Å². The Balaban J connectivity index is 1.34. The van der Waals surface area contributed by atoms with Crippen LogP contribution in [0.25, 0.3) is 17.1 Å². The molecule has 2 aromatic heterocycles. The lowest BCUT2D eigenvalue weighted by atomic mass is 9.80. The first-order valence-corrected chi connectivity index (χ1v) is 13.2. The molecule has 0 aliphatic carbocycles. The normalized spacial score (nSPS) is 18.5. The van der Waals surface area contributed by atoms with Crippen LogP contribution < -0.4 is 5.56 Å². The second-order valence-electron chi connectivity index (χ2n) is 10.7. The van der Waals surface area contributed by atoms with E-state index >= 15 is 0 Å². The van der Waals surface area contributed by atoms with E-state index in [1.165, 1.54) is 10.6 Å². The van der Waals surface area contributed by atoms with Crippen LogP contribution in [0.1, 0.15) is 50.8 Å². The van der Waals surface area contributed by atoms with Crippen molar-refractivity contribution >= 4 is 6.09 Å².